The molecule has 2 rings (SSSR count). The van der Waals surface area contributed by atoms with Crippen molar-refractivity contribution in [1.82, 2.24) is 10.2 Å². The van der Waals surface area contributed by atoms with Crippen molar-refractivity contribution >= 4 is 11.8 Å². The summed E-state index contributed by atoms with van der Waals surface area (Å²) in [6.07, 6.45) is 0.360. The van der Waals surface area contributed by atoms with Gasteiger partial charge in [0.05, 0.1) is 17.9 Å². The SMILES string of the molecule is CC(O)CNCCN1C(=O)C2CC2C1=O. The number of likely N-dealkylation sites (tertiary alicyclic amines) is 1. The molecular weight excluding hydrogens is 196 g/mol. The van der Waals surface area contributed by atoms with Gasteiger partial charge in [0.25, 0.3) is 0 Å². The topological polar surface area (TPSA) is 69.6 Å². The number of amides is 2. The van der Waals surface area contributed by atoms with Crippen LogP contribution in [-0.2, 0) is 9.59 Å². The van der Waals surface area contributed by atoms with E-state index in [-0.39, 0.29) is 23.7 Å². The van der Waals surface area contributed by atoms with E-state index in [1.165, 1.54) is 4.90 Å². The highest BCUT2D eigenvalue weighted by atomic mass is 16.3. The predicted octanol–water partition coefficient (Wildman–Crippen LogP) is -1.04. The van der Waals surface area contributed by atoms with E-state index < -0.39 is 6.10 Å². The number of fused-ring (bicyclic) bond motifs is 1. The van der Waals surface area contributed by atoms with Gasteiger partial charge in [0.15, 0.2) is 0 Å². The van der Waals surface area contributed by atoms with Gasteiger partial charge in [-0.1, -0.05) is 0 Å². The van der Waals surface area contributed by atoms with Crippen LogP contribution in [-0.4, -0.2) is 47.6 Å². The molecule has 0 aromatic heterocycles. The standard InChI is InChI=1S/C10H16N2O3/c1-6(13)5-11-2-3-12-9(14)7-4-8(7)10(12)15/h6-8,11,13H,2-5H2,1H3. The quantitative estimate of drug-likeness (QED) is 0.451. The molecule has 1 saturated heterocycles. The maximum atomic E-state index is 11.5. The van der Waals surface area contributed by atoms with E-state index in [1.807, 2.05) is 0 Å². The van der Waals surface area contributed by atoms with Gasteiger partial charge in [-0.3, -0.25) is 14.5 Å². The molecule has 2 N–H and O–H groups in total. The number of hydrogen-bond donors (Lipinski definition) is 2. The Morgan fingerprint density at radius 3 is 2.60 bits per heavy atom. The van der Waals surface area contributed by atoms with Crippen molar-refractivity contribution in [1.29, 1.82) is 0 Å². The third-order valence-electron chi connectivity index (χ3n) is 2.91. The number of rotatable bonds is 5. The summed E-state index contributed by atoms with van der Waals surface area (Å²) < 4.78 is 0. The number of hydrogen-bond acceptors (Lipinski definition) is 4. The molecule has 1 aliphatic heterocycles. The first-order valence-corrected chi connectivity index (χ1v) is 5.35. The molecule has 5 nitrogen and oxygen atoms in total. The Balaban J connectivity index is 1.71. The molecule has 0 bridgehead atoms. The smallest absolute Gasteiger partial charge is 0.233 e. The van der Waals surface area contributed by atoms with Crippen LogP contribution in [0, 0.1) is 11.8 Å². The largest absolute Gasteiger partial charge is 0.392 e. The number of imide groups is 1. The molecule has 0 spiro atoms. The maximum Gasteiger partial charge on any atom is 0.233 e. The number of aliphatic hydroxyl groups excluding tert-OH is 1. The molecule has 3 unspecified atom stereocenters. The highest BCUT2D eigenvalue weighted by Crippen LogP contribution is 2.46. The normalized spacial score (nSPS) is 30.7. The Morgan fingerprint density at radius 1 is 1.47 bits per heavy atom. The lowest BCUT2D eigenvalue weighted by atomic mass is 10.4. The number of nitrogens with zero attached hydrogens (tertiary/aromatic N) is 1. The van der Waals surface area contributed by atoms with Crippen molar-refractivity contribution in [3.8, 4) is 0 Å². The van der Waals surface area contributed by atoms with Crippen molar-refractivity contribution in [2.45, 2.75) is 19.4 Å². The van der Waals surface area contributed by atoms with Gasteiger partial charge >= 0.3 is 0 Å². The highest BCUT2D eigenvalue weighted by molar-refractivity contribution is 6.08. The van der Waals surface area contributed by atoms with Crippen molar-refractivity contribution in [3.05, 3.63) is 0 Å². The van der Waals surface area contributed by atoms with Gasteiger partial charge < -0.3 is 10.4 Å². The maximum absolute atomic E-state index is 11.5. The molecule has 2 aliphatic rings. The summed E-state index contributed by atoms with van der Waals surface area (Å²) in [5.41, 5.74) is 0. The Labute approximate surface area is 88.4 Å². The molecule has 2 fully saturated rings. The molecule has 2 amide bonds. The molecule has 84 valence electrons. The van der Waals surface area contributed by atoms with Gasteiger partial charge in [-0.15, -0.1) is 0 Å². The minimum atomic E-state index is -0.400. The second kappa shape index (κ2) is 3.90. The zero-order valence-electron chi connectivity index (χ0n) is 8.77. The first kappa shape index (κ1) is 10.6. The molecular formula is C10H16N2O3. The molecule has 1 aliphatic carbocycles. The Bertz CT molecular complexity index is 270. The molecule has 1 heterocycles. The Morgan fingerprint density at radius 2 is 2.07 bits per heavy atom. The van der Waals surface area contributed by atoms with E-state index in [9.17, 15) is 9.59 Å². The number of aliphatic hydroxyl groups is 1. The fourth-order valence-corrected chi connectivity index (χ4v) is 1.97. The van der Waals surface area contributed by atoms with Crippen molar-refractivity contribution in [3.63, 3.8) is 0 Å². The summed E-state index contributed by atoms with van der Waals surface area (Å²) in [6, 6.07) is 0. The molecule has 0 aromatic carbocycles. The second-order valence-corrected chi connectivity index (χ2v) is 4.33. The van der Waals surface area contributed by atoms with E-state index in [0.29, 0.717) is 19.6 Å². The lowest BCUT2D eigenvalue weighted by Gasteiger charge is -2.16. The van der Waals surface area contributed by atoms with Crippen LogP contribution in [0.25, 0.3) is 0 Å². The number of piperidine rings is 1. The average Bonchev–Trinajstić information content (AvgIpc) is 2.90. The van der Waals surface area contributed by atoms with Crippen LogP contribution in [0.4, 0.5) is 0 Å². The molecule has 1 saturated carbocycles. The summed E-state index contributed by atoms with van der Waals surface area (Å²) in [7, 11) is 0. The van der Waals surface area contributed by atoms with Gasteiger partial charge in [0, 0.05) is 19.6 Å². The average molecular weight is 212 g/mol. The summed E-state index contributed by atoms with van der Waals surface area (Å²) >= 11 is 0. The number of nitrogens with one attached hydrogen (secondary N) is 1. The fourth-order valence-electron chi connectivity index (χ4n) is 1.97. The van der Waals surface area contributed by atoms with E-state index >= 15 is 0 Å². The van der Waals surface area contributed by atoms with Crippen LogP contribution < -0.4 is 5.32 Å². The summed E-state index contributed by atoms with van der Waals surface area (Å²) in [5, 5.41) is 12.0. The van der Waals surface area contributed by atoms with E-state index in [2.05, 4.69) is 5.32 Å². The number of carbonyl (C=O) groups excluding carboxylic acids is 2. The van der Waals surface area contributed by atoms with Crippen LogP contribution in [0.3, 0.4) is 0 Å². The zero-order valence-corrected chi connectivity index (χ0v) is 8.77. The van der Waals surface area contributed by atoms with Crippen LogP contribution in [0.15, 0.2) is 0 Å². The Hall–Kier alpha value is -0.940. The first-order valence-electron chi connectivity index (χ1n) is 5.35. The number of carbonyl (C=O) groups is 2. The molecule has 5 heteroatoms. The van der Waals surface area contributed by atoms with Gasteiger partial charge in [-0.25, -0.2) is 0 Å². The van der Waals surface area contributed by atoms with Crippen LogP contribution in [0.1, 0.15) is 13.3 Å². The third-order valence-corrected chi connectivity index (χ3v) is 2.91. The Kier molecular flexibility index (Phi) is 2.75. The monoisotopic (exact) mass is 212 g/mol. The van der Waals surface area contributed by atoms with Gasteiger partial charge in [-0.05, 0) is 13.3 Å². The predicted molar refractivity (Wildman–Crippen MR) is 52.9 cm³/mol. The lowest BCUT2D eigenvalue weighted by Crippen LogP contribution is -2.39. The van der Waals surface area contributed by atoms with Gasteiger partial charge in [0.2, 0.25) is 11.8 Å². The van der Waals surface area contributed by atoms with Crippen molar-refractivity contribution in [2.24, 2.45) is 11.8 Å². The molecule has 15 heavy (non-hydrogen) atoms. The van der Waals surface area contributed by atoms with E-state index in [4.69, 9.17) is 5.11 Å². The summed E-state index contributed by atoms with van der Waals surface area (Å²) in [6.45, 7) is 3.16. The van der Waals surface area contributed by atoms with Crippen LogP contribution in [0.2, 0.25) is 0 Å². The molecule has 3 atom stereocenters. The zero-order chi connectivity index (χ0) is 11.0. The summed E-state index contributed by atoms with van der Waals surface area (Å²) in [4.78, 5) is 24.4. The van der Waals surface area contributed by atoms with Crippen molar-refractivity contribution in [2.75, 3.05) is 19.6 Å². The lowest BCUT2D eigenvalue weighted by molar-refractivity contribution is -0.141. The minimum absolute atomic E-state index is 0.00531. The summed E-state index contributed by atoms with van der Waals surface area (Å²) in [5.74, 6) is -0.0313. The van der Waals surface area contributed by atoms with Crippen molar-refractivity contribution < 1.29 is 14.7 Å². The first-order chi connectivity index (χ1) is 7.11. The van der Waals surface area contributed by atoms with Crippen LogP contribution in [0.5, 0.6) is 0 Å². The molecule has 0 radical (unpaired) electrons. The highest BCUT2D eigenvalue weighted by Gasteiger charge is 2.58. The third kappa shape index (κ3) is 2.03. The van der Waals surface area contributed by atoms with Crippen LogP contribution >= 0.6 is 0 Å². The minimum Gasteiger partial charge on any atom is -0.392 e. The molecule has 0 aromatic rings. The second-order valence-electron chi connectivity index (χ2n) is 4.33. The van der Waals surface area contributed by atoms with E-state index in [1.54, 1.807) is 6.92 Å². The van der Waals surface area contributed by atoms with E-state index in [0.717, 1.165) is 6.42 Å². The van der Waals surface area contributed by atoms with Gasteiger partial charge in [0.1, 0.15) is 0 Å². The fraction of sp³-hybridized carbons (Fsp3) is 0.800. The van der Waals surface area contributed by atoms with Gasteiger partial charge in [-0.2, -0.15) is 0 Å².